The number of sulfone groups is 1. The maximum atomic E-state index is 13.7. The first-order valence-corrected chi connectivity index (χ1v) is 13.8. The molecule has 1 fully saturated rings. The Morgan fingerprint density at radius 2 is 1.77 bits per heavy atom. The zero-order valence-electron chi connectivity index (χ0n) is 20.0. The maximum absolute atomic E-state index is 13.7. The molecule has 0 N–H and O–H groups in total. The van der Waals surface area contributed by atoms with E-state index in [2.05, 4.69) is 0 Å². The Hall–Kier alpha value is -3.20. The molecule has 9 heteroatoms. The minimum Gasteiger partial charge on any atom is -0.493 e. The van der Waals surface area contributed by atoms with Gasteiger partial charge in [0.2, 0.25) is 0 Å². The number of nitrogens with zero attached hydrogens (tertiary/aromatic N) is 2. The molecule has 2 aliphatic rings. The van der Waals surface area contributed by atoms with Crippen LogP contribution in [0, 0.1) is 0 Å². The third-order valence-electron chi connectivity index (χ3n) is 6.46. The molecule has 2 aliphatic heterocycles. The quantitative estimate of drug-likeness (QED) is 0.492. The fraction of sp³-hybridized carbons (Fsp3) is 0.423. The second-order valence-electron chi connectivity index (χ2n) is 8.91. The van der Waals surface area contributed by atoms with Gasteiger partial charge in [-0.3, -0.25) is 19.3 Å². The van der Waals surface area contributed by atoms with E-state index in [0.717, 1.165) is 12.8 Å². The molecule has 0 bridgehead atoms. The van der Waals surface area contributed by atoms with Crippen molar-refractivity contribution >= 4 is 27.6 Å². The van der Waals surface area contributed by atoms with Gasteiger partial charge in [0.1, 0.15) is 5.75 Å². The molecular formula is C26H30N2O6S. The summed E-state index contributed by atoms with van der Waals surface area (Å²) in [5, 5.41) is 0. The predicted molar refractivity (Wildman–Crippen MR) is 131 cm³/mol. The van der Waals surface area contributed by atoms with Crippen LogP contribution in [0.15, 0.2) is 42.5 Å². The van der Waals surface area contributed by atoms with E-state index in [1.165, 1.54) is 4.90 Å². The molecule has 0 saturated carbocycles. The highest BCUT2D eigenvalue weighted by Gasteiger charge is 2.37. The third kappa shape index (κ3) is 5.10. The Morgan fingerprint density at radius 3 is 2.34 bits per heavy atom. The van der Waals surface area contributed by atoms with Gasteiger partial charge in [-0.25, -0.2) is 8.42 Å². The number of imide groups is 1. The van der Waals surface area contributed by atoms with Crippen LogP contribution in [0.3, 0.4) is 0 Å². The average molecular weight is 499 g/mol. The first-order chi connectivity index (χ1) is 16.8. The van der Waals surface area contributed by atoms with Crippen LogP contribution in [0.1, 0.15) is 69.7 Å². The van der Waals surface area contributed by atoms with E-state index < -0.39 is 9.84 Å². The molecular weight excluding hydrogens is 468 g/mol. The second kappa shape index (κ2) is 10.2. The van der Waals surface area contributed by atoms with Gasteiger partial charge in [0.15, 0.2) is 9.84 Å². The van der Waals surface area contributed by atoms with Crippen molar-refractivity contribution in [1.82, 2.24) is 9.80 Å². The van der Waals surface area contributed by atoms with Crippen LogP contribution in [0.5, 0.6) is 5.75 Å². The highest BCUT2D eigenvalue weighted by atomic mass is 32.2. The van der Waals surface area contributed by atoms with Gasteiger partial charge in [-0.15, -0.1) is 0 Å². The lowest BCUT2D eigenvalue weighted by atomic mass is 10.1. The zero-order chi connectivity index (χ0) is 25.2. The topological polar surface area (TPSA) is 101 Å². The Bertz CT molecular complexity index is 1220. The van der Waals surface area contributed by atoms with Crippen molar-refractivity contribution in [2.75, 3.05) is 24.7 Å². The molecule has 0 aromatic heterocycles. The van der Waals surface area contributed by atoms with Crippen LogP contribution >= 0.6 is 0 Å². The van der Waals surface area contributed by atoms with Crippen LogP contribution in [0.2, 0.25) is 0 Å². The van der Waals surface area contributed by atoms with Crippen molar-refractivity contribution in [3.63, 3.8) is 0 Å². The van der Waals surface area contributed by atoms with Gasteiger partial charge in [-0.2, -0.15) is 0 Å². The van der Waals surface area contributed by atoms with Crippen LogP contribution in [0.25, 0.3) is 0 Å². The van der Waals surface area contributed by atoms with Crippen molar-refractivity contribution in [1.29, 1.82) is 0 Å². The number of benzene rings is 2. The van der Waals surface area contributed by atoms with Gasteiger partial charge in [0, 0.05) is 12.6 Å². The van der Waals surface area contributed by atoms with Gasteiger partial charge < -0.3 is 9.64 Å². The fourth-order valence-corrected chi connectivity index (χ4v) is 6.37. The number of hydrogen-bond acceptors (Lipinski definition) is 6. The number of amides is 3. The third-order valence-corrected chi connectivity index (χ3v) is 8.21. The number of fused-ring (bicyclic) bond motifs is 1. The molecule has 8 nitrogen and oxygen atoms in total. The molecule has 1 unspecified atom stereocenters. The highest BCUT2D eigenvalue weighted by molar-refractivity contribution is 7.91. The minimum absolute atomic E-state index is 0.0196. The van der Waals surface area contributed by atoms with Crippen molar-refractivity contribution in [3.05, 3.63) is 64.7 Å². The second-order valence-corrected chi connectivity index (χ2v) is 11.1. The van der Waals surface area contributed by atoms with E-state index in [1.807, 2.05) is 13.8 Å². The molecule has 0 spiro atoms. The standard InChI is InChI=1S/C26H30N2O6S/c1-3-5-13-27(19-12-14-35(32,33)17-19)26(31)22-15-18(10-11-23(22)34-4-2)16-28-24(29)20-8-6-7-9-21(20)25(28)30/h6-11,15,19H,3-5,12-14,16-17H2,1-2H3. The summed E-state index contributed by atoms with van der Waals surface area (Å²) in [6.45, 7) is 4.65. The number of carbonyl (C=O) groups excluding carboxylic acids is 3. The summed E-state index contributed by atoms with van der Waals surface area (Å²) >= 11 is 0. The molecule has 1 saturated heterocycles. The van der Waals surface area contributed by atoms with Crippen LogP contribution in [-0.2, 0) is 16.4 Å². The number of carbonyl (C=O) groups is 3. The summed E-state index contributed by atoms with van der Waals surface area (Å²) in [6, 6.07) is 11.4. The van der Waals surface area contributed by atoms with Crippen molar-refractivity contribution in [2.24, 2.45) is 0 Å². The minimum atomic E-state index is -3.17. The molecule has 4 rings (SSSR count). The lowest BCUT2D eigenvalue weighted by Crippen LogP contribution is -2.42. The average Bonchev–Trinajstić information content (AvgIpc) is 3.32. The monoisotopic (exact) mass is 498 g/mol. The molecule has 0 radical (unpaired) electrons. The number of ether oxygens (including phenoxy) is 1. The summed E-state index contributed by atoms with van der Waals surface area (Å²) in [7, 11) is -3.17. The van der Waals surface area contributed by atoms with E-state index in [9.17, 15) is 22.8 Å². The Kier molecular flexibility index (Phi) is 7.25. The van der Waals surface area contributed by atoms with Crippen LogP contribution in [-0.4, -0.2) is 66.6 Å². The van der Waals surface area contributed by atoms with Crippen molar-refractivity contribution < 1.29 is 27.5 Å². The maximum Gasteiger partial charge on any atom is 0.261 e. The molecule has 2 heterocycles. The number of hydrogen-bond donors (Lipinski definition) is 0. The first-order valence-electron chi connectivity index (χ1n) is 12.0. The number of unbranched alkanes of at least 4 members (excludes halogenated alkanes) is 1. The fourth-order valence-electron chi connectivity index (χ4n) is 4.64. The van der Waals surface area contributed by atoms with E-state index in [4.69, 9.17) is 4.74 Å². The molecule has 0 aliphatic carbocycles. The molecule has 3 amide bonds. The normalized spacial score (nSPS) is 18.6. The Labute approximate surface area is 205 Å². The van der Waals surface area contributed by atoms with E-state index in [0.29, 0.717) is 47.6 Å². The lowest BCUT2D eigenvalue weighted by molar-refractivity contribution is 0.0641. The lowest BCUT2D eigenvalue weighted by Gasteiger charge is -2.29. The van der Waals surface area contributed by atoms with Gasteiger partial charge >= 0.3 is 0 Å². The smallest absolute Gasteiger partial charge is 0.261 e. The van der Waals surface area contributed by atoms with E-state index in [1.54, 1.807) is 47.4 Å². The summed E-state index contributed by atoms with van der Waals surface area (Å²) < 4.78 is 30.0. The van der Waals surface area contributed by atoms with E-state index >= 15 is 0 Å². The van der Waals surface area contributed by atoms with Gasteiger partial charge in [0.05, 0.1) is 41.3 Å². The van der Waals surface area contributed by atoms with Crippen LogP contribution in [0.4, 0.5) is 0 Å². The molecule has 35 heavy (non-hydrogen) atoms. The molecule has 186 valence electrons. The predicted octanol–water partition coefficient (Wildman–Crippen LogP) is 3.31. The Balaban J connectivity index is 1.64. The van der Waals surface area contributed by atoms with Gasteiger partial charge in [-0.05, 0) is 49.6 Å². The van der Waals surface area contributed by atoms with Crippen molar-refractivity contribution in [2.45, 2.75) is 45.7 Å². The van der Waals surface area contributed by atoms with Crippen molar-refractivity contribution in [3.8, 4) is 5.75 Å². The molecule has 1 atom stereocenters. The largest absolute Gasteiger partial charge is 0.493 e. The Morgan fingerprint density at radius 1 is 1.09 bits per heavy atom. The summed E-state index contributed by atoms with van der Waals surface area (Å²) in [4.78, 5) is 42.2. The first kappa shape index (κ1) is 24.9. The van der Waals surface area contributed by atoms with Gasteiger partial charge in [-0.1, -0.05) is 31.5 Å². The van der Waals surface area contributed by atoms with E-state index in [-0.39, 0.29) is 41.8 Å². The summed E-state index contributed by atoms with van der Waals surface area (Å²) in [6.07, 6.45) is 2.03. The number of rotatable bonds is 9. The zero-order valence-corrected chi connectivity index (χ0v) is 20.8. The van der Waals surface area contributed by atoms with Crippen LogP contribution < -0.4 is 4.74 Å². The summed E-state index contributed by atoms with van der Waals surface area (Å²) in [5.74, 6) is -0.604. The highest BCUT2D eigenvalue weighted by Crippen LogP contribution is 2.29. The molecule has 2 aromatic rings. The SMILES string of the molecule is CCCCN(C(=O)c1cc(CN2C(=O)c3ccccc3C2=O)ccc1OCC)C1CCS(=O)(=O)C1. The molecule has 2 aromatic carbocycles. The summed E-state index contributed by atoms with van der Waals surface area (Å²) in [5.41, 5.74) is 1.66. The van der Waals surface area contributed by atoms with Gasteiger partial charge in [0.25, 0.3) is 17.7 Å².